The maximum absolute atomic E-state index is 12.4. The van der Waals surface area contributed by atoms with E-state index in [1.54, 1.807) is 4.90 Å². The van der Waals surface area contributed by atoms with Crippen molar-refractivity contribution in [3.8, 4) is 17.2 Å². The van der Waals surface area contributed by atoms with Crippen LogP contribution in [0, 0.1) is 0 Å². The first kappa shape index (κ1) is 73.9. The Morgan fingerprint density at radius 2 is 0.731 bits per heavy atom. The lowest BCUT2D eigenvalue weighted by molar-refractivity contribution is -0.138. The van der Waals surface area contributed by atoms with E-state index in [1.807, 2.05) is 76.7 Å². The van der Waals surface area contributed by atoms with Gasteiger partial charge in [-0.15, -0.1) is 22.7 Å². The van der Waals surface area contributed by atoms with Crippen molar-refractivity contribution in [1.82, 2.24) is 29.4 Å². The van der Waals surface area contributed by atoms with Crippen LogP contribution < -0.4 is 28.9 Å². The number of piperazine rings is 3. The van der Waals surface area contributed by atoms with E-state index in [9.17, 15) is 24.0 Å². The molecule has 17 nitrogen and oxygen atoms in total. The van der Waals surface area contributed by atoms with Crippen LogP contribution in [0.5, 0.6) is 17.2 Å². The van der Waals surface area contributed by atoms with Crippen molar-refractivity contribution < 1.29 is 38.2 Å². The Bertz CT molecular complexity index is 3110. The molecule has 2 aromatic heterocycles. The van der Waals surface area contributed by atoms with E-state index in [1.165, 1.54) is 38.7 Å². The van der Waals surface area contributed by atoms with Crippen LogP contribution in [0.15, 0.2) is 95.7 Å². The monoisotopic (exact) mass is 1320 g/mol. The summed E-state index contributed by atoms with van der Waals surface area (Å²) in [6.07, 6.45) is 9.70. The summed E-state index contributed by atoms with van der Waals surface area (Å²) < 4.78 is 18.0. The number of likely N-dealkylation sites (tertiary alicyclic amines) is 3. The molecule has 0 N–H and O–H groups in total. The van der Waals surface area contributed by atoms with Crippen LogP contribution in [0.1, 0.15) is 148 Å². The minimum Gasteiger partial charge on any atom is -0.489 e. The van der Waals surface area contributed by atoms with Crippen LogP contribution in [-0.4, -0.2) is 188 Å². The number of rotatable bonds is 23. The number of piperidine rings is 2. The summed E-state index contributed by atoms with van der Waals surface area (Å²) in [6, 6.07) is 29.4. The molecule has 6 saturated heterocycles. The fourth-order valence-electron chi connectivity index (χ4n) is 12.8. The Balaban J connectivity index is 0.000000196. The van der Waals surface area contributed by atoms with Gasteiger partial charge in [0.2, 0.25) is 17.7 Å². The van der Waals surface area contributed by atoms with Gasteiger partial charge in [-0.1, -0.05) is 57.7 Å². The number of ketones is 2. The zero-order chi connectivity index (χ0) is 64.1. The number of ether oxygens (including phenoxy) is 3. The number of carbonyl (C=O) groups excluding carboxylic acids is 5. The number of hydrogen-bond donors (Lipinski definition) is 0. The number of para-hydroxylation sites is 6. The zero-order valence-corrected chi connectivity index (χ0v) is 56.8. The van der Waals surface area contributed by atoms with Crippen LogP contribution in [0.4, 0.5) is 17.1 Å². The van der Waals surface area contributed by atoms with Crippen molar-refractivity contribution in [2.45, 2.75) is 172 Å². The Morgan fingerprint density at radius 3 is 1.12 bits per heavy atom. The second kappa shape index (κ2) is 37.5. The fourth-order valence-corrected chi connectivity index (χ4v) is 14.6. The Kier molecular flexibility index (Phi) is 29.8. The molecule has 0 aliphatic carbocycles. The van der Waals surface area contributed by atoms with Gasteiger partial charge < -0.3 is 43.6 Å². The number of anilines is 3. The molecule has 6 aliphatic rings. The summed E-state index contributed by atoms with van der Waals surface area (Å²) in [5.74, 6) is 3.29. The summed E-state index contributed by atoms with van der Waals surface area (Å²) >= 11 is 3.66. The van der Waals surface area contributed by atoms with Crippen molar-refractivity contribution in [3.63, 3.8) is 0 Å². The van der Waals surface area contributed by atoms with Gasteiger partial charge in [0, 0.05) is 153 Å². The first-order valence-corrected chi connectivity index (χ1v) is 35.5. The molecule has 3 amide bonds. The third kappa shape index (κ3) is 23.1. The van der Waals surface area contributed by atoms with Crippen LogP contribution in [-0.2, 0) is 50.2 Å². The Labute approximate surface area is 564 Å². The lowest BCUT2D eigenvalue weighted by atomic mass is 10.1. The fraction of sp³-hybridized carbons (Fsp3) is 0.581. The maximum atomic E-state index is 12.4. The molecule has 3 aromatic carbocycles. The van der Waals surface area contributed by atoms with Gasteiger partial charge in [-0.05, 0) is 150 Å². The highest BCUT2D eigenvalue weighted by Crippen LogP contribution is 2.34. The molecule has 5 aromatic rings. The Hall–Kier alpha value is -6.51. The molecule has 0 atom stereocenters. The molecule has 6 aliphatic heterocycles. The lowest BCUT2D eigenvalue weighted by Crippen LogP contribution is -2.48. The Morgan fingerprint density at radius 1 is 0.398 bits per heavy atom. The molecule has 0 spiro atoms. The van der Waals surface area contributed by atoms with Gasteiger partial charge in [0.05, 0.1) is 54.9 Å². The molecule has 0 bridgehead atoms. The molecular weight excluding hydrogens is 1210 g/mol. The third-order valence-electron chi connectivity index (χ3n) is 17.4. The summed E-state index contributed by atoms with van der Waals surface area (Å²) in [6.45, 7) is 30.1. The standard InChI is InChI=1S/C25H35N3O2S.C24H33N3O2S.C23H33N3O4.2CH4/c1-20(2)30-24-9-6-5-8-23(24)27-14-12-26(13-15-27)18-22-16-21(19-31-22)17-28-11-7-3-4-10-25(28)29;1-19(2)29-23-8-4-3-7-22(23)26-13-11-25(12-14-26)17-21-15-20(18-30-21)16-27-10-6-5-9-24(27)28;1-18(2)30-22-8-4-3-7-21(22)25-13-11-24(12-14-25)16-19(27)15-20(28)17-26-10-6-5-9-23(26)29;;/h5-6,8-9,16,19-20H,3-4,7,10-15,17-18H2,1-2H3;3-4,7-8,15,18-19H,5-6,9-14,16-17H2,1-2H3;3-4,7-8,18H,5-6,9-17H2,1-2H3;2*1H4. The average molecular weight is 1320 g/mol. The van der Waals surface area contributed by atoms with Crippen LogP contribution >= 0.6 is 22.7 Å². The van der Waals surface area contributed by atoms with Gasteiger partial charge in [0.1, 0.15) is 17.2 Å². The molecule has 510 valence electrons. The summed E-state index contributed by atoms with van der Waals surface area (Å²) in [5.41, 5.74) is 6.06. The van der Waals surface area contributed by atoms with E-state index in [4.69, 9.17) is 14.2 Å². The van der Waals surface area contributed by atoms with Gasteiger partial charge in [-0.25, -0.2) is 0 Å². The highest BCUT2D eigenvalue weighted by molar-refractivity contribution is 7.10. The molecule has 6 fully saturated rings. The van der Waals surface area contributed by atoms with Crippen molar-refractivity contribution >= 4 is 69.0 Å². The van der Waals surface area contributed by atoms with E-state index in [-0.39, 0.29) is 70.1 Å². The largest absolute Gasteiger partial charge is 0.489 e. The molecule has 11 rings (SSSR count). The number of carbonyl (C=O) groups is 5. The number of amides is 3. The highest BCUT2D eigenvalue weighted by Gasteiger charge is 2.28. The molecular formula is C74H109N9O8S2. The van der Waals surface area contributed by atoms with E-state index in [0.29, 0.717) is 37.6 Å². The van der Waals surface area contributed by atoms with Crippen molar-refractivity contribution in [2.75, 3.05) is 126 Å². The topological polar surface area (TPSA) is 142 Å². The molecule has 0 radical (unpaired) electrons. The number of benzene rings is 3. The van der Waals surface area contributed by atoms with Crippen LogP contribution in [0.3, 0.4) is 0 Å². The van der Waals surface area contributed by atoms with Crippen molar-refractivity contribution in [3.05, 3.63) is 117 Å². The molecule has 0 saturated carbocycles. The third-order valence-corrected chi connectivity index (χ3v) is 19.4. The molecule has 93 heavy (non-hydrogen) atoms. The van der Waals surface area contributed by atoms with E-state index in [0.717, 1.165) is 179 Å². The predicted octanol–water partition coefficient (Wildman–Crippen LogP) is 12.5. The van der Waals surface area contributed by atoms with E-state index in [2.05, 4.69) is 122 Å². The predicted molar refractivity (Wildman–Crippen MR) is 381 cm³/mol. The molecule has 8 heterocycles. The van der Waals surface area contributed by atoms with Crippen molar-refractivity contribution in [2.24, 2.45) is 0 Å². The number of Topliss-reactive ketones (excluding diaryl/α,β-unsaturated/α-hetero) is 2. The minimum absolute atomic E-state index is 0. The van der Waals surface area contributed by atoms with E-state index < -0.39 is 0 Å². The summed E-state index contributed by atoms with van der Waals surface area (Å²) in [7, 11) is 0. The second-order valence-corrected chi connectivity index (χ2v) is 28.0. The van der Waals surface area contributed by atoms with Gasteiger partial charge in [0.15, 0.2) is 11.6 Å². The first-order valence-electron chi connectivity index (χ1n) is 33.8. The zero-order valence-electron chi connectivity index (χ0n) is 55.2. The second-order valence-electron chi connectivity index (χ2n) is 26.0. The molecule has 19 heteroatoms. The van der Waals surface area contributed by atoms with Gasteiger partial charge in [0.25, 0.3) is 0 Å². The van der Waals surface area contributed by atoms with Gasteiger partial charge in [-0.2, -0.15) is 0 Å². The number of nitrogens with zero attached hydrogens (tertiary/aromatic N) is 9. The summed E-state index contributed by atoms with van der Waals surface area (Å²) in [5, 5.41) is 4.47. The number of hydrogen-bond acceptors (Lipinski definition) is 16. The SMILES string of the molecule is C.C.CC(C)Oc1ccccc1N1CCN(CC(=O)CC(=O)CN2CCCCC2=O)CC1.CC(C)Oc1ccccc1N1CCN(Cc2cc(CN3CCCCC3=O)cs2)CC1.CC(C)Oc1ccccc1N1CCN(Cc2cc(CN3CCCCCC3=O)cs2)CC1. The lowest BCUT2D eigenvalue weighted by Gasteiger charge is -2.36. The molecule has 0 unspecified atom stereocenters. The van der Waals surface area contributed by atoms with E-state index >= 15 is 0 Å². The quantitative estimate of drug-likeness (QED) is 0.0572. The smallest absolute Gasteiger partial charge is 0.222 e. The summed E-state index contributed by atoms with van der Waals surface area (Å²) in [4.78, 5) is 83.5. The average Bonchev–Trinajstić information content (AvgIpc) is 4.38. The van der Waals surface area contributed by atoms with Crippen LogP contribution in [0.25, 0.3) is 0 Å². The highest BCUT2D eigenvalue weighted by atomic mass is 32.1. The van der Waals surface area contributed by atoms with Gasteiger partial charge >= 0.3 is 0 Å². The maximum Gasteiger partial charge on any atom is 0.222 e. The first-order chi connectivity index (χ1) is 44.1. The minimum atomic E-state index is -0.159. The van der Waals surface area contributed by atoms with Gasteiger partial charge in [-0.3, -0.25) is 38.7 Å². The van der Waals surface area contributed by atoms with Crippen molar-refractivity contribution in [1.29, 1.82) is 0 Å². The normalized spacial score (nSPS) is 17.9. The van der Waals surface area contributed by atoms with Crippen LogP contribution in [0.2, 0.25) is 0 Å². The number of thiophene rings is 2.